The Kier molecular flexibility index (Phi) is 4.00. The van der Waals surface area contributed by atoms with Gasteiger partial charge in [-0.1, -0.05) is 30.3 Å². The van der Waals surface area contributed by atoms with Crippen LogP contribution in [0.3, 0.4) is 0 Å². The number of hydrogen-bond donors (Lipinski definition) is 2. The van der Waals surface area contributed by atoms with Crippen molar-refractivity contribution in [1.29, 1.82) is 0 Å². The van der Waals surface area contributed by atoms with E-state index in [4.69, 9.17) is 5.73 Å². The number of halogens is 1. The van der Waals surface area contributed by atoms with E-state index in [1.807, 2.05) is 0 Å². The summed E-state index contributed by atoms with van der Waals surface area (Å²) < 4.78 is 39.4. The molecule has 0 spiro atoms. The van der Waals surface area contributed by atoms with E-state index in [1.165, 1.54) is 30.3 Å². The van der Waals surface area contributed by atoms with Gasteiger partial charge in [0.2, 0.25) is 0 Å². The summed E-state index contributed by atoms with van der Waals surface area (Å²) in [5.41, 5.74) is 5.37. The predicted octanol–water partition coefficient (Wildman–Crippen LogP) is 1.70. The summed E-state index contributed by atoms with van der Waals surface area (Å²) in [6.45, 7) is -0.344. The molecule has 0 radical (unpaired) electrons. The van der Waals surface area contributed by atoms with Crippen molar-refractivity contribution < 1.29 is 17.9 Å². The molecule has 0 bridgehead atoms. The SMILES string of the molecule is NCC1(CO)C(c2cccc(F)c2)C1S(=O)(=O)c1ccccc1. The minimum atomic E-state index is -3.67. The fourth-order valence-electron chi connectivity index (χ4n) is 3.40. The maximum Gasteiger partial charge on any atom is 0.182 e. The molecule has 3 atom stereocenters. The third-order valence-electron chi connectivity index (χ3n) is 4.67. The van der Waals surface area contributed by atoms with Crippen LogP contribution in [0.25, 0.3) is 0 Å². The largest absolute Gasteiger partial charge is 0.396 e. The number of aliphatic hydroxyl groups is 1. The van der Waals surface area contributed by atoms with Crippen LogP contribution in [0.4, 0.5) is 4.39 Å². The third kappa shape index (κ3) is 2.47. The molecular weight excluding hydrogens is 317 g/mol. The lowest BCUT2D eigenvalue weighted by Crippen LogP contribution is -2.27. The van der Waals surface area contributed by atoms with Crippen LogP contribution in [0.1, 0.15) is 11.5 Å². The topological polar surface area (TPSA) is 80.4 Å². The van der Waals surface area contributed by atoms with Gasteiger partial charge in [-0.15, -0.1) is 0 Å². The molecule has 1 aliphatic carbocycles. The Morgan fingerprint density at radius 1 is 1.13 bits per heavy atom. The number of nitrogens with two attached hydrogens (primary N) is 1. The molecule has 1 fully saturated rings. The molecule has 0 aliphatic heterocycles. The van der Waals surface area contributed by atoms with Crippen molar-refractivity contribution in [3.63, 3.8) is 0 Å². The second-order valence-corrected chi connectivity index (χ2v) is 7.98. The molecule has 2 aromatic carbocycles. The first-order valence-corrected chi connectivity index (χ1v) is 8.87. The monoisotopic (exact) mass is 335 g/mol. The first kappa shape index (κ1) is 16.1. The zero-order valence-corrected chi connectivity index (χ0v) is 13.2. The molecule has 122 valence electrons. The van der Waals surface area contributed by atoms with E-state index in [2.05, 4.69) is 0 Å². The molecule has 0 aromatic heterocycles. The van der Waals surface area contributed by atoms with Crippen LogP contribution < -0.4 is 5.73 Å². The summed E-state index contributed by atoms with van der Waals surface area (Å²) in [6, 6.07) is 13.9. The average Bonchev–Trinajstić information content (AvgIpc) is 3.26. The third-order valence-corrected chi connectivity index (χ3v) is 7.01. The van der Waals surface area contributed by atoms with Gasteiger partial charge in [0.25, 0.3) is 0 Å². The van der Waals surface area contributed by atoms with Gasteiger partial charge in [0, 0.05) is 17.9 Å². The summed E-state index contributed by atoms with van der Waals surface area (Å²) in [5, 5.41) is 8.95. The van der Waals surface area contributed by atoms with Crippen molar-refractivity contribution in [3.05, 3.63) is 66.0 Å². The van der Waals surface area contributed by atoms with Gasteiger partial charge >= 0.3 is 0 Å². The van der Waals surface area contributed by atoms with Crippen LogP contribution in [0.2, 0.25) is 0 Å². The molecule has 23 heavy (non-hydrogen) atoms. The summed E-state index contributed by atoms with van der Waals surface area (Å²) in [5.74, 6) is -0.951. The first-order chi connectivity index (χ1) is 11.0. The van der Waals surface area contributed by atoms with E-state index >= 15 is 0 Å². The van der Waals surface area contributed by atoms with Crippen LogP contribution in [-0.4, -0.2) is 31.9 Å². The number of sulfone groups is 1. The molecule has 0 amide bonds. The van der Waals surface area contributed by atoms with Gasteiger partial charge in [-0.05, 0) is 29.8 Å². The van der Waals surface area contributed by atoms with E-state index in [0.717, 1.165) is 0 Å². The molecule has 2 aromatic rings. The summed E-state index contributed by atoms with van der Waals surface area (Å²) >= 11 is 0. The molecular formula is C17H18FNO3S. The number of aliphatic hydroxyl groups excluding tert-OH is 1. The smallest absolute Gasteiger partial charge is 0.182 e. The van der Waals surface area contributed by atoms with E-state index < -0.39 is 32.2 Å². The van der Waals surface area contributed by atoms with E-state index in [1.54, 1.807) is 24.3 Å². The molecule has 0 saturated heterocycles. The fraction of sp³-hybridized carbons (Fsp3) is 0.294. The second-order valence-electron chi connectivity index (χ2n) is 5.91. The minimum Gasteiger partial charge on any atom is -0.396 e. The lowest BCUT2D eigenvalue weighted by atomic mass is 10.00. The quantitative estimate of drug-likeness (QED) is 0.871. The van der Waals surface area contributed by atoms with Crippen molar-refractivity contribution in [2.45, 2.75) is 16.1 Å². The highest BCUT2D eigenvalue weighted by atomic mass is 32.2. The Hall–Kier alpha value is -1.76. The van der Waals surface area contributed by atoms with Gasteiger partial charge in [0.1, 0.15) is 5.82 Å². The molecule has 3 unspecified atom stereocenters. The normalized spacial score (nSPS) is 26.9. The minimum absolute atomic E-state index is 0.0153. The summed E-state index contributed by atoms with van der Waals surface area (Å²) in [6.07, 6.45) is 0. The molecule has 1 aliphatic rings. The van der Waals surface area contributed by atoms with Crippen LogP contribution >= 0.6 is 0 Å². The Labute approximate surface area is 134 Å². The van der Waals surface area contributed by atoms with Crippen LogP contribution in [0.15, 0.2) is 59.5 Å². The average molecular weight is 335 g/mol. The first-order valence-electron chi connectivity index (χ1n) is 7.33. The number of hydrogen-bond acceptors (Lipinski definition) is 4. The predicted molar refractivity (Wildman–Crippen MR) is 85.1 cm³/mol. The lowest BCUT2D eigenvalue weighted by molar-refractivity contribution is 0.212. The van der Waals surface area contributed by atoms with Crippen molar-refractivity contribution >= 4 is 9.84 Å². The van der Waals surface area contributed by atoms with Crippen molar-refractivity contribution in [2.24, 2.45) is 11.1 Å². The van der Waals surface area contributed by atoms with E-state index in [9.17, 15) is 17.9 Å². The van der Waals surface area contributed by atoms with Gasteiger partial charge in [-0.3, -0.25) is 0 Å². The standard InChI is InChI=1S/C17H18FNO3S/c18-13-6-4-5-12(9-13)15-16(17(15,10-19)11-20)23(21,22)14-7-2-1-3-8-14/h1-9,15-16,20H,10-11,19H2. The van der Waals surface area contributed by atoms with Gasteiger partial charge in [-0.2, -0.15) is 0 Å². The Balaban J connectivity index is 2.07. The molecule has 0 heterocycles. The molecule has 1 saturated carbocycles. The molecule has 4 nitrogen and oxygen atoms in total. The van der Waals surface area contributed by atoms with Gasteiger partial charge < -0.3 is 10.8 Å². The van der Waals surface area contributed by atoms with Crippen LogP contribution in [0, 0.1) is 11.2 Å². The second kappa shape index (κ2) is 5.70. The molecule has 3 N–H and O–H groups in total. The van der Waals surface area contributed by atoms with Crippen LogP contribution in [0.5, 0.6) is 0 Å². The van der Waals surface area contributed by atoms with Gasteiger partial charge in [-0.25, -0.2) is 12.8 Å². The highest BCUT2D eigenvalue weighted by Gasteiger charge is 2.70. The van der Waals surface area contributed by atoms with Crippen LogP contribution in [-0.2, 0) is 9.84 Å². The Morgan fingerprint density at radius 3 is 2.39 bits per heavy atom. The zero-order valence-electron chi connectivity index (χ0n) is 12.4. The highest BCUT2D eigenvalue weighted by Crippen LogP contribution is 2.63. The Bertz CT molecular complexity index is 804. The number of benzene rings is 2. The summed E-state index contributed by atoms with van der Waals surface area (Å²) in [4.78, 5) is 0.190. The molecule has 6 heteroatoms. The number of rotatable bonds is 5. The van der Waals surface area contributed by atoms with Gasteiger partial charge in [0.05, 0.1) is 16.8 Å². The maximum atomic E-state index is 13.5. The fourth-order valence-corrected chi connectivity index (χ4v) is 5.87. The van der Waals surface area contributed by atoms with Crippen molar-refractivity contribution in [3.8, 4) is 0 Å². The molecule has 3 rings (SSSR count). The Morgan fingerprint density at radius 2 is 1.83 bits per heavy atom. The maximum absolute atomic E-state index is 13.5. The van der Waals surface area contributed by atoms with Crippen molar-refractivity contribution in [2.75, 3.05) is 13.2 Å². The highest BCUT2D eigenvalue weighted by molar-refractivity contribution is 7.92. The lowest BCUT2D eigenvalue weighted by Gasteiger charge is -2.12. The summed E-state index contributed by atoms with van der Waals surface area (Å²) in [7, 11) is -3.67. The van der Waals surface area contributed by atoms with E-state index in [-0.39, 0.29) is 18.0 Å². The van der Waals surface area contributed by atoms with Gasteiger partial charge in [0.15, 0.2) is 9.84 Å². The van der Waals surface area contributed by atoms with E-state index in [0.29, 0.717) is 5.56 Å². The van der Waals surface area contributed by atoms with Crippen molar-refractivity contribution in [1.82, 2.24) is 0 Å². The zero-order chi connectivity index (χ0) is 16.7.